The molecule has 0 amide bonds. The Morgan fingerprint density at radius 3 is 1.12 bits per heavy atom. The topological polar surface area (TPSA) is 61.8 Å². The summed E-state index contributed by atoms with van der Waals surface area (Å²) in [7, 11) is 0. The molecule has 66 heavy (non-hydrogen) atoms. The van der Waals surface area contributed by atoms with Crippen molar-refractivity contribution in [1.82, 2.24) is 0 Å². The number of hydrogen-bond acceptors (Lipinski definition) is 5. The molecule has 0 saturated heterocycles. The Bertz CT molecular complexity index is 1350. The van der Waals surface area contributed by atoms with E-state index in [1.165, 1.54) is 57.8 Å². The number of carbonyl (C=O) groups excluding carboxylic acids is 2. The molecule has 0 spiro atoms. The molecular weight excluding hydrogens is 813 g/mol. The maximum absolute atomic E-state index is 12.8. The lowest BCUT2D eigenvalue weighted by molar-refractivity contribution is -0.163. The van der Waals surface area contributed by atoms with Gasteiger partial charge in [-0.2, -0.15) is 0 Å². The molecule has 0 bridgehead atoms. The molecule has 0 aromatic rings. The Morgan fingerprint density at radius 2 is 0.682 bits per heavy atom. The molecule has 0 fully saturated rings. The van der Waals surface area contributed by atoms with Gasteiger partial charge in [0.2, 0.25) is 0 Å². The number of ether oxygens (including phenoxy) is 3. The van der Waals surface area contributed by atoms with Gasteiger partial charge in [0.25, 0.3) is 0 Å². The minimum Gasteiger partial charge on any atom is -0.462 e. The second kappa shape index (κ2) is 55.6. The molecular formula is C61H100O5. The van der Waals surface area contributed by atoms with Crippen LogP contribution in [0.4, 0.5) is 0 Å². The first-order valence-corrected chi connectivity index (χ1v) is 27.1. The molecule has 0 aromatic carbocycles. The molecule has 0 aliphatic rings. The average Bonchev–Trinajstić information content (AvgIpc) is 3.32. The first-order chi connectivity index (χ1) is 32.6. The predicted molar refractivity (Wildman–Crippen MR) is 288 cm³/mol. The van der Waals surface area contributed by atoms with Gasteiger partial charge < -0.3 is 14.2 Å². The maximum Gasteiger partial charge on any atom is 0.306 e. The van der Waals surface area contributed by atoms with E-state index in [9.17, 15) is 9.59 Å². The number of allylic oxidation sites excluding steroid dienone is 20. The summed E-state index contributed by atoms with van der Waals surface area (Å²) in [6.07, 6.45) is 77.8. The lowest BCUT2D eigenvalue weighted by atomic mass is 10.1. The van der Waals surface area contributed by atoms with Gasteiger partial charge >= 0.3 is 11.9 Å². The minimum atomic E-state index is -0.579. The summed E-state index contributed by atoms with van der Waals surface area (Å²) in [6.45, 7) is 7.47. The number of rotatable bonds is 48. The molecule has 0 saturated carbocycles. The maximum atomic E-state index is 12.8. The van der Waals surface area contributed by atoms with E-state index < -0.39 is 6.10 Å². The average molecular weight is 913 g/mol. The summed E-state index contributed by atoms with van der Waals surface area (Å²) >= 11 is 0. The molecule has 0 aliphatic carbocycles. The van der Waals surface area contributed by atoms with Crippen molar-refractivity contribution < 1.29 is 23.8 Å². The van der Waals surface area contributed by atoms with Crippen LogP contribution in [0.5, 0.6) is 0 Å². The summed E-state index contributed by atoms with van der Waals surface area (Å²) in [4.78, 5) is 25.5. The highest BCUT2D eigenvalue weighted by Crippen LogP contribution is 2.12. The van der Waals surface area contributed by atoms with Crippen LogP contribution in [0.1, 0.15) is 226 Å². The highest BCUT2D eigenvalue weighted by molar-refractivity contribution is 5.70. The minimum absolute atomic E-state index is 0.0445. The first-order valence-electron chi connectivity index (χ1n) is 27.1. The number of hydrogen-bond donors (Lipinski definition) is 0. The fourth-order valence-electron chi connectivity index (χ4n) is 6.99. The van der Waals surface area contributed by atoms with Crippen LogP contribution in [0.25, 0.3) is 0 Å². The van der Waals surface area contributed by atoms with Crippen molar-refractivity contribution in [3.8, 4) is 0 Å². The Hall–Kier alpha value is -3.70. The Labute approximate surface area is 407 Å². The second-order valence-electron chi connectivity index (χ2n) is 17.4. The molecule has 0 radical (unpaired) electrons. The SMILES string of the molecule is CC/C=C\C/C=C\C/C=C\C/C=C\C/C=C\CCCCCC(=O)OCC(COCCCCC/C=C\C/C=C\C/C=C\C/C=C\CC)OC(=O)CCCCCCC/C=C\CCCCCCCC. The Kier molecular flexibility index (Phi) is 52.5. The zero-order valence-corrected chi connectivity index (χ0v) is 42.9. The quantitative estimate of drug-likeness (QED) is 0.0346. The molecule has 1 unspecified atom stereocenters. The van der Waals surface area contributed by atoms with E-state index in [0.29, 0.717) is 19.4 Å². The zero-order chi connectivity index (χ0) is 47.7. The summed E-state index contributed by atoms with van der Waals surface area (Å²) < 4.78 is 17.4. The van der Waals surface area contributed by atoms with Crippen LogP contribution in [0.3, 0.4) is 0 Å². The largest absolute Gasteiger partial charge is 0.462 e. The third-order valence-corrected chi connectivity index (χ3v) is 11.0. The van der Waals surface area contributed by atoms with Gasteiger partial charge in [-0.3, -0.25) is 9.59 Å². The van der Waals surface area contributed by atoms with Crippen LogP contribution in [-0.2, 0) is 23.8 Å². The monoisotopic (exact) mass is 913 g/mol. The third-order valence-electron chi connectivity index (χ3n) is 11.0. The molecule has 0 heterocycles. The molecule has 0 N–H and O–H groups in total. The van der Waals surface area contributed by atoms with Gasteiger partial charge in [0.1, 0.15) is 6.61 Å². The standard InChI is InChI=1S/C61H100O5/c1-4-7-10-13-16-19-22-25-28-30-31-32-34-36-39-42-45-48-51-54-60(62)65-58-59(57-64-56-53-50-47-44-41-38-35-29-26-23-20-17-14-11-8-5-2)66-61(63)55-52-49-46-43-40-37-33-27-24-21-18-15-12-9-6-3/h7-8,10-11,16-17,19-20,25-29,31-33,36,38-39,41,59H,4-6,9,12-15,18,21-24,30,34-35,37,40,42-58H2,1-3H3/b10-7-,11-8-,19-16-,20-17-,28-25-,29-26-,32-31-,33-27-,39-36-,41-38-. The molecule has 0 aromatic heterocycles. The van der Waals surface area contributed by atoms with E-state index >= 15 is 0 Å². The van der Waals surface area contributed by atoms with Crippen LogP contribution in [-0.4, -0.2) is 37.9 Å². The van der Waals surface area contributed by atoms with Gasteiger partial charge in [-0.05, 0) is 128 Å². The Morgan fingerprint density at radius 1 is 0.348 bits per heavy atom. The normalized spacial score (nSPS) is 13.2. The van der Waals surface area contributed by atoms with Crippen molar-refractivity contribution in [3.05, 3.63) is 122 Å². The lowest BCUT2D eigenvalue weighted by Crippen LogP contribution is -2.30. The van der Waals surface area contributed by atoms with Gasteiger partial charge in [0.05, 0.1) is 6.61 Å². The van der Waals surface area contributed by atoms with Gasteiger partial charge in [0.15, 0.2) is 6.10 Å². The molecule has 0 rings (SSSR count). The van der Waals surface area contributed by atoms with Crippen molar-refractivity contribution in [2.24, 2.45) is 0 Å². The lowest BCUT2D eigenvalue weighted by Gasteiger charge is -2.18. The van der Waals surface area contributed by atoms with Crippen molar-refractivity contribution in [1.29, 1.82) is 0 Å². The number of carbonyl (C=O) groups is 2. The van der Waals surface area contributed by atoms with Crippen LogP contribution in [0.15, 0.2) is 122 Å². The fraction of sp³-hybridized carbons (Fsp3) is 0.639. The van der Waals surface area contributed by atoms with Crippen molar-refractivity contribution in [2.45, 2.75) is 232 Å². The summed E-state index contributed by atoms with van der Waals surface area (Å²) in [5.41, 5.74) is 0. The molecule has 374 valence electrons. The van der Waals surface area contributed by atoms with E-state index in [2.05, 4.69) is 142 Å². The third kappa shape index (κ3) is 52.9. The molecule has 0 aliphatic heterocycles. The van der Waals surface area contributed by atoms with E-state index in [0.717, 1.165) is 135 Å². The summed E-state index contributed by atoms with van der Waals surface area (Å²) in [5, 5.41) is 0. The molecule has 5 heteroatoms. The highest BCUT2D eigenvalue weighted by Gasteiger charge is 2.17. The molecule has 5 nitrogen and oxygen atoms in total. The van der Waals surface area contributed by atoms with E-state index in [4.69, 9.17) is 14.2 Å². The van der Waals surface area contributed by atoms with E-state index in [1.807, 2.05) is 0 Å². The van der Waals surface area contributed by atoms with Crippen LogP contribution < -0.4 is 0 Å². The van der Waals surface area contributed by atoms with Crippen LogP contribution in [0, 0.1) is 0 Å². The van der Waals surface area contributed by atoms with Crippen molar-refractivity contribution >= 4 is 11.9 Å². The van der Waals surface area contributed by atoms with Gasteiger partial charge in [-0.25, -0.2) is 0 Å². The zero-order valence-electron chi connectivity index (χ0n) is 42.9. The van der Waals surface area contributed by atoms with E-state index in [-0.39, 0.29) is 25.2 Å². The fourth-order valence-corrected chi connectivity index (χ4v) is 6.99. The van der Waals surface area contributed by atoms with Crippen molar-refractivity contribution in [2.75, 3.05) is 19.8 Å². The van der Waals surface area contributed by atoms with Crippen LogP contribution >= 0.6 is 0 Å². The summed E-state index contributed by atoms with van der Waals surface area (Å²) in [5.74, 6) is -0.468. The van der Waals surface area contributed by atoms with Gasteiger partial charge in [0, 0.05) is 19.4 Å². The molecule has 1 atom stereocenters. The summed E-state index contributed by atoms with van der Waals surface area (Å²) in [6, 6.07) is 0. The van der Waals surface area contributed by atoms with Gasteiger partial charge in [-0.15, -0.1) is 0 Å². The van der Waals surface area contributed by atoms with E-state index in [1.54, 1.807) is 0 Å². The number of unbranched alkanes of at least 4 members (excludes halogenated alkanes) is 17. The Balaban J connectivity index is 4.43. The van der Waals surface area contributed by atoms with Crippen molar-refractivity contribution in [3.63, 3.8) is 0 Å². The number of esters is 2. The highest BCUT2D eigenvalue weighted by atomic mass is 16.6. The van der Waals surface area contributed by atoms with Gasteiger partial charge in [-0.1, -0.05) is 206 Å². The predicted octanol–water partition coefficient (Wildman–Crippen LogP) is 18.6. The first kappa shape index (κ1) is 62.3. The second-order valence-corrected chi connectivity index (χ2v) is 17.4. The smallest absolute Gasteiger partial charge is 0.306 e. The van der Waals surface area contributed by atoms with Crippen LogP contribution in [0.2, 0.25) is 0 Å².